The van der Waals surface area contributed by atoms with Gasteiger partial charge >= 0.3 is 0 Å². The highest BCUT2D eigenvalue weighted by molar-refractivity contribution is 5.95. The molecule has 94 valence electrons. The number of rotatable bonds is 2. The van der Waals surface area contributed by atoms with Gasteiger partial charge in [-0.25, -0.2) is 0 Å². The number of aliphatic hydroxyl groups is 1. The molecule has 1 aliphatic carbocycles. The number of aliphatic hydroxyl groups excluding tert-OH is 1. The topological polar surface area (TPSA) is 67.2 Å². The van der Waals surface area contributed by atoms with Crippen LogP contribution in [0.4, 0.5) is 0 Å². The molecule has 0 unspecified atom stereocenters. The van der Waals surface area contributed by atoms with E-state index in [2.05, 4.69) is 10.4 Å². The first-order valence-electron chi connectivity index (χ1n) is 6.07. The zero-order chi connectivity index (χ0) is 12.4. The average Bonchev–Trinajstić information content (AvgIpc) is 2.61. The number of carbonyl (C=O) groups is 1. The van der Waals surface area contributed by atoms with Gasteiger partial charge in [-0.3, -0.25) is 9.48 Å². The SMILES string of the molecule is Cc1nn(C)cc1C(=O)N[C@H]1CCCC[C@@H]1O. The summed E-state index contributed by atoms with van der Waals surface area (Å²) in [7, 11) is 1.79. The Hall–Kier alpha value is -1.36. The van der Waals surface area contributed by atoms with E-state index in [-0.39, 0.29) is 11.9 Å². The number of aryl methyl sites for hydroxylation is 2. The summed E-state index contributed by atoms with van der Waals surface area (Å²) in [6, 6.07) is -0.115. The number of carbonyl (C=O) groups excluding carboxylic acids is 1. The first kappa shape index (κ1) is 12.1. The fourth-order valence-electron chi connectivity index (χ4n) is 2.35. The van der Waals surface area contributed by atoms with Gasteiger partial charge in [-0.05, 0) is 19.8 Å². The van der Waals surface area contributed by atoms with Crippen molar-refractivity contribution in [2.45, 2.75) is 44.8 Å². The maximum Gasteiger partial charge on any atom is 0.255 e. The summed E-state index contributed by atoms with van der Waals surface area (Å²) in [5, 5.41) is 16.8. The second kappa shape index (κ2) is 4.87. The van der Waals surface area contributed by atoms with Gasteiger partial charge < -0.3 is 10.4 Å². The molecular formula is C12H19N3O2. The molecule has 17 heavy (non-hydrogen) atoms. The molecule has 0 bridgehead atoms. The van der Waals surface area contributed by atoms with Crippen LogP contribution in [-0.2, 0) is 7.05 Å². The number of nitrogens with one attached hydrogen (secondary N) is 1. The summed E-state index contributed by atoms with van der Waals surface area (Å²) >= 11 is 0. The Morgan fingerprint density at radius 2 is 2.24 bits per heavy atom. The predicted molar refractivity (Wildman–Crippen MR) is 63.7 cm³/mol. The maximum absolute atomic E-state index is 12.0. The van der Waals surface area contributed by atoms with Gasteiger partial charge in [0.15, 0.2) is 0 Å². The van der Waals surface area contributed by atoms with E-state index in [1.807, 2.05) is 6.92 Å². The van der Waals surface area contributed by atoms with Crippen LogP contribution in [0.2, 0.25) is 0 Å². The van der Waals surface area contributed by atoms with E-state index in [1.165, 1.54) is 0 Å². The third kappa shape index (κ3) is 2.66. The number of hydrogen-bond acceptors (Lipinski definition) is 3. The number of nitrogens with zero attached hydrogens (tertiary/aromatic N) is 2. The van der Waals surface area contributed by atoms with Crippen molar-refractivity contribution in [3.05, 3.63) is 17.5 Å². The Labute approximate surface area is 101 Å². The van der Waals surface area contributed by atoms with E-state index in [0.717, 1.165) is 31.4 Å². The van der Waals surface area contributed by atoms with Crippen molar-refractivity contribution < 1.29 is 9.90 Å². The second-order valence-electron chi connectivity index (χ2n) is 4.73. The fraction of sp³-hybridized carbons (Fsp3) is 0.667. The molecule has 1 amide bonds. The molecule has 1 aliphatic rings. The first-order valence-corrected chi connectivity index (χ1v) is 6.07. The van der Waals surface area contributed by atoms with Crippen LogP contribution >= 0.6 is 0 Å². The Morgan fingerprint density at radius 1 is 1.53 bits per heavy atom. The van der Waals surface area contributed by atoms with Crippen molar-refractivity contribution in [2.24, 2.45) is 7.05 Å². The van der Waals surface area contributed by atoms with Crippen LogP contribution in [0.1, 0.15) is 41.7 Å². The molecule has 2 N–H and O–H groups in total. The van der Waals surface area contributed by atoms with Gasteiger partial charge in [-0.2, -0.15) is 5.10 Å². The smallest absolute Gasteiger partial charge is 0.255 e. The molecule has 1 aromatic heterocycles. The number of amides is 1. The van der Waals surface area contributed by atoms with Gasteiger partial charge in [-0.1, -0.05) is 12.8 Å². The lowest BCUT2D eigenvalue weighted by Crippen LogP contribution is -2.45. The van der Waals surface area contributed by atoms with Crippen molar-refractivity contribution in [3.63, 3.8) is 0 Å². The number of aromatic nitrogens is 2. The fourth-order valence-corrected chi connectivity index (χ4v) is 2.35. The zero-order valence-corrected chi connectivity index (χ0v) is 10.3. The highest BCUT2D eigenvalue weighted by atomic mass is 16.3. The third-order valence-electron chi connectivity index (χ3n) is 3.30. The van der Waals surface area contributed by atoms with Gasteiger partial charge in [0.25, 0.3) is 5.91 Å². The van der Waals surface area contributed by atoms with E-state index in [9.17, 15) is 9.90 Å². The molecule has 1 saturated carbocycles. The molecule has 0 spiro atoms. The standard InChI is InChI=1S/C12H19N3O2/c1-8-9(7-15(2)14-8)12(17)13-10-5-3-4-6-11(10)16/h7,10-11,16H,3-6H2,1-2H3,(H,13,17)/t10-,11-/m0/s1. The van der Waals surface area contributed by atoms with Crippen LogP contribution in [-0.4, -0.2) is 32.9 Å². The van der Waals surface area contributed by atoms with Gasteiger partial charge in [0, 0.05) is 13.2 Å². The minimum atomic E-state index is -0.412. The van der Waals surface area contributed by atoms with Crippen LogP contribution in [0.3, 0.4) is 0 Å². The molecule has 2 rings (SSSR count). The summed E-state index contributed by atoms with van der Waals surface area (Å²) in [6.07, 6.45) is 5.03. The van der Waals surface area contributed by atoms with Crippen molar-refractivity contribution in [1.82, 2.24) is 15.1 Å². The summed E-state index contributed by atoms with van der Waals surface area (Å²) in [5.74, 6) is -0.137. The van der Waals surface area contributed by atoms with E-state index < -0.39 is 6.10 Å². The molecular weight excluding hydrogens is 218 g/mol. The highest BCUT2D eigenvalue weighted by Crippen LogP contribution is 2.19. The molecule has 0 saturated heterocycles. The summed E-state index contributed by atoms with van der Waals surface area (Å²) < 4.78 is 1.63. The van der Waals surface area contributed by atoms with Crippen molar-refractivity contribution in [1.29, 1.82) is 0 Å². The lowest BCUT2D eigenvalue weighted by molar-refractivity contribution is 0.0717. The van der Waals surface area contributed by atoms with E-state index in [4.69, 9.17) is 0 Å². The van der Waals surface area contributed by atoms with Crippen LogP contribution in [0.15, 0.2) is 6.20 Å². The molecule has 5 heteroatoms. The van der Waals surface area contributed by atoms with Crippen molar-refractivity contribution in [3.8, 4) is 0 Å². The number of hydrogen-bond donors (Lipinski definition) is 2. The Bertz CT molecular complexity index is 414. The molecule has 0 radical (unpaired) electrons. The Kier molecular flexibility index (Phi) is 3.47. The van der Waals surface area contributed by atoms with Crippen molar-refractivity contribution in [2.75, 3.05) is 0 Å². The molecule has 1 heterocycles. The second-order valence-corrected chi connectivity index (χ2v) is 4.73. The van der Waals surface area contributed by atoms with Gasteiger partial charge in [0.1, 0.15) is 0 Å². The molecule has 5 nitrogen and oxygen atoms in total. The van der Waals surface area contributed by atoms with Crippen LogP contribution in [0.25, 0.3) is 0 Å². The quantitative estimate of drug-likeness (QED) is 0.798. The Balaban J connectivity index is 2.03. The van der Waals surface area contributed by atoms with Crippen LogP contribution in [0, 0.1) is 6.92 Å². The average molecular weight is 237 g/mol. The minimum Gasteiger partial charge on any atom is -0.391 e. The van der Waals surface area contributed by atoms with E-state index >= 15 is 0 Å². The van der Waals surface area contributed by atoms with Crippen LogP contribution < -0.4 is 5.32 Å². The minimum absolute atomic E-state index is 0.115. The van der Waals surface area contributed by atoms with Crippen LogP contribution in [0.5, 0.6) is 0 Å². The lowest BCUT2D eigenvalue weighted by Gasteiger charge is -2.28. The molecule has 0 aliphatic heterocycles. The third-order valence-corrected chi connectivity index (χ3v) is 3.30. The first-order chi connectivity index (χ1) is 8.08. The summed E-state index contributed by atoms with van der Waals surface area (Å²) in [5.41, 5.74) is 1.31. The Morgan fingerprint density at radius 3 is 2.82 bits per heavy atom. The largest absolute Gasteiger partial charge is 0.391 e. The zero-order valence-electron chi connectivity index (χ0n) is 10.3. The lowest BCUT2D eigenvalue weighted by atomic mass is 9.92. The summed E-state index contributed by atoms with van der Waals surface area (Å²) in [6.45, 7) is 1.81. The van der Waals surface area contributed by atoms with Gasteiger partial charge in [0.2, 0.25) is 0 Å². The summed E-state index contributed by atoms with van der Waals surface area (Å²) in [4.78, 5) is 12.0. The highest BCUT2D eigenvalue weighted by Gasteiger charge is 2.25. The molecule has 2 atom stereocenters. The normalized spacial score (nSPS) is 24.6. The van der Waals surface area contributed by atoms with E-state index in [0.29, 0.717) is 5.56 Å². The van der Waals surface area contributed by atoms with Gasteiger partial charge in [0.05, 0.1) is 23.4 Å². The molecule has 1 aromatic rings. The van der Waals surface area contributed by atoms with Crippen molar-refractivity contribution >= 4 is 5.91 Å². The van der Waals surface area contributed by atoms with Gasteiger partial charge in [-0.15, -0.1) is 0 Å². The molecule has 1 fully saturated rings. The predicted octanol–water partition coefficient (Wildman–Crippen LogP) is 0.762. The monoisotopic (exact) mass is 237 g/mol. The molecule has 0 aromatic carbocycles. The van der Waals surface area contributed by atoms with E-state index in [1.54, 1.807) is 17.9 Å². The maximum atomic E-state index is 12.0.